The van der Waals surface area contributed by atoms with E-state index in [2.05, 4.69) is 14.9 Å². The Morgan fingerprint density at radius 2 is 1.88 bits per heavy atom. The summed E-state index contributed by atoms with van der Waals surface area (Å²) in [5.74, 6) is 0.570. The molecule has 32 heavy (non-hydrogen) atoms. The second kappa shape index (κ2) is 10.3. The Hall–Kier alpha value is -2.68. The van der Waals surface area contributed by atoms with Crippen LogP contribution in [0.5, 0.6) is 0 Å². The van der Waals surface area contributed by atoms with Crippen LogP contribution in [-0.2, 0) is 12.3 Å². The standard InChI is InChI=1S/C24H26N4O2S2/c1-17-8-7-11-20-22(17)26-24(30-20)32-16-21-25-19(15-31-21)23(29)28(13-12-27(2)3)14-18-9-5-4-6-10-18/h4-11,15H,12-14,16H2,1-3H3. The number of fused-ring (bicyclic) bond motifs is 1. The van der Waals surface area contributed by atoms with Crippen molar-refractivity contribution < 1.29 is 9.21 Å². The van der Waals surface area contributed by atoms with Gasteiger partial charge in [-0.05, 0) is 38.2 Å². The minimum atomic E-state index is -0.0410. The molecule has 0 saturated heterocycles. The maximum Gasteiger partial charge on any atom is 0.273 e. The molecule has 2 aromatic heterocycles. The Kier molecular flexibility index (Phi) is 7.24. The molecule has 0 spiro atoms. The van der Waals surface area contributed by atoms with Gasteiger partial charge in [0.25, 0.3) is 11.1 Å². The Morgan fingerprint density at radius 3 is 2.62 bits per heavy atom. The van der Waals surface area contributed by atoms with Crippen LogP contribution in [0.2, 0.25) is 0 Å². The third kappa shape index (κ3) is 5.56. The molecule has 0 aliphatic heterocycles. The number of likely N-dealkylation sites (N-methyl/N-ethyl adjacent to an activating group) is 1. The highest BCUT2D eigenvalue weighted by Gasteiger charge is 2.20. The number of nitrogens with zero attached hydrogens (tertiary/aromatic N) is 4. The molecule has 0 bridgehead atoms. The van der Waals surface area contributed by atoms with Gasteiger partial charge in [0.05, 0.1) is 5.75 Å². The Labute approximate surface area is 196 Å². The van der Waals surface area contributed by atoms with E-state index in [-0.39, 0.29) is 5.91 Å². The summed E-state index contributed by atoms with van der Waals surface area (Å²) in [7, 11) is 4.02. The van der Waals surface area contributed by atoms with Crippen LogP contribution >= 0.6 is 23.1 Å². The maximum atomic E-state index is 13.2. The summed E-state index contributed by atoms with van der Waals surface area (Å²) < 4.78 is 5.83. The number of hydrogen-bond donors (Lipinski definition) is 0. The number of rotatable bonds is 9. The van der Waals surface area contributed by atoms with Gasteiger partial charge in [-0.1, -0.05) is 54.2 Å². The lowest BCUT2D eigenvalue weighted by atomic mass is 10.2. The zero-order valence-electron chi connectivity index (χ0n) is 18.4. The highest BCUT2D eigenvalue weighted by Crippen LogP contribution is 2.28. The number of aromatic nitrogens is 2. The van der Waals surface area contributed by atoms with Gasteiger partial charge in [-0.25, -0.2) is 9.97 Å². The van der Waals surface area contributed by atoms with Crippen molar-refractivity contribution in [3.63, 3.8) is 0 Å². The number of oxazole rings is 1. The van der Waals surface area contributed by atoms with E-state index in [1.165, 1.54) is 23.1 Å². The third-order valence-corrected chi connectivity index (χ3v) is 6.88. The van der Waals surface area contributed by atoms with Gasteiger partial charge in [0.15, 0.2) is 5.58 Å². The molecule has 0 aliphatic carbocycles. The van der Waals surface area contributed by atoms with Crippen molar-refractivity contribution in [1.82, 2.24) is 19.8 Å². The molecule has 0 atom stereocenters. The molecule has 6 nitrogen and oxygen atoms in total. The van der Waals surface area contributed by atoms with Gasteiger partial charge in [-0.3, -0.25) is 4.79 Å². The smallest absolute Gasteiger partial charge is 0.273 e. The van der Waals surface area contributed by atoms with E-state index in [4.69, 9.17) is 4.42 Å². The maximum absolute atomic E-state index is 13.2. The van der Waals surface area contributed by atoms with Crippen molar-refractivity contribution in [3.8, 4) is 0 Å². The molecule has 166 valence electrons. The number of para-hydroxylation sites is 1. The van der Waals surface area contributed by atoms with Gasteiger partial charge in [0.2, 0.25) is 0 Å². The summed E-state index contributed by atoms with van der Waals surface area (Å²) in [5.41, 5.74) is 4.38. The van der Waals surface area contributed by atoms with Gasteiger partial charge in [0.1, 0.15) is 16.2 Å². The first-order chi connectivity index (χ1) is 15.5. The summed E-state index contributed by atoms with van der Waals surface area (Å²) in [6, 6.07) is 16.0. The van der Waals surface area contributed by atoms with Gasteiger partial charge in [0, 0.05) is 25.0 Å². The van der Waals surface area contributed by atoms with E-state index in [0.717, 1.165) is 33.8 Å². The summed E-state index contributed by atoms with van der Waals surface area (Å²) >= 11 is 2.99. The average molecular weight is 467 g/mol. The zero-order chi connectivity index (χ0) is 22.5. The van der Waals surface area contributed by atoms with Crippen molar-refractivity contribution in [1.29, 1.82) is 0 Å². The number of benzene rings is 2. The van der Waals surface area contributed by atoms with E-state index in [0.29, 0.717) is 29.8 Å². The van der Waals surface area contributed by atoms with Crippen LogP contribution in [-0.4, -0.2) is 52.9 Å². The molecule has 4 rings (SSSR count). The van der Waals surface area contributed by atoms with Crippen molar-refractivity contribution >= 4 is 40.1 Å². The number of aryl methyl sites for hydroxylation is 1. The molecule has 2 heterocycles. The predicted octanol–water partition coefficient (Wildman–Crippen LogP) is 5.09. The Balaban J connectivity index is 1.43. The lowest BCUT2D eigenvalue weighted by Crippen LogP contribution is -2.36. The van der Waals surface area contributed by atoms with Crippen LogP contribution in [0.25, 0.3) is 11.1 Å². The van der Waals surface area contributed by atoms with Crippen LogP contribution in [0.15, 0.2) is 63.6 Å². The van der Waals surface area contributed by atoms with E-state index in [1.807, 2.05) is 79.8 Å². The molecule has 2 aromatic carbocycles. The van der Waals surface area contributed by atoms with Crippen molar-refractivity contribution in [2.75, 3.05) is 27.2 Å². The first kappa shape index (κ1) is 22.5. The summed E-state index contributed by atoms with van der Waals surface area (Å²) in [5, 5.41) is 3.35. The summed E-state index contributed by atoms with van der Waals surface area (Å²) in [6.07, 6.45) is 0. The number of thioether (sulfide) groups is 1. The average Bonchev–Trinajstić information content (AvgIpc) is 3.43. The van der Waals surface area contributed by atoms with Crippen molar-refractivity contribution in [2.24, 2.45) is 0 Å². The van der Waals surface area contributed by atoms with Crippen LogP contribution in [0.3, 0.4) is 0 Å². The molecule has 0 fully saturated rings. The lowest BCUT2D eigenvalue weighted by molar-refractivity contribution is 0.0726. The van der Waals surface area contributed by atoms with E-state index in [1.54, 1.807) is 0 Å². The molecule has 0 saturated carbocycles. The number of hydrogen-bond acceptors (Lipinski definition) is 7. The monoisotopic (exact) mass is 466 g/mol. The van der Waals surface area contributed by atoms with Crippen LogP contribution in [0, 0.1) is 6.92 Å². The lowest BCUT2D eigenvalue weighted by Gasteiger charge is -2.24. The molecular weight excluding hydrogens is 440 g/mol. The molecule has 0 aliphatic rings. The first-order valence-electron chi connectivity index (χ1n) is 10.4. The van der Waals surface area contributed by atoms with Crippen LogP contribution in [0.4, 0.5) is 0 Å². The van der Waals surface area contributed by atoms with E-state index >= 15 is 0 Å². The van der Waals surface area contributed by atoms with E-state index in [9.17, 15) is 4.79 Å². The van der Waals surface area contributed by atoms with Crippen LogP contribution < -0.4 is 0 Å². The Morgan fingerprint density at radius 1 is 1.06 bits per heavy atom. The first-order valence-corrected chi connectivity index (χ1v) is 12.3. The number of amides is 1. The molecule has 1 amide bonds. The van der Waals surface area contributed by atoms with Gasteiger partial charge in [-0.15, -0.1) is 11.3 Å². The van der Waals surface area contributed by atoms with Crippen molar-refractivity contribution in [2.45, 2.75) is 24.4 Å². The highest BCUT2D eigenvalue weighted by molar-refractivity contribution is 7.98. The third-order valence-electron chi connectivity index (χ3n) is 5.01. The molecule has 4 aromatic rings. The van der Waals surface area contributed by atoms with Crippen molar-refractivity contribution in [3.05, 3.63) is 75.7 Å². The van der Waals surface area contributed by atoms with Crippen LogP contribution in [0.1, 0.15) is 26.6 Å². The largest absolute Gasteiger partial charge is 0.431 e. The van der Waals surface area contributed by atoms with Gasteiger partial charge < -0.3 is 14.2 Å². The molecule has 0 N–H and O–H groups in total. The minimum Gasteiger partial charge on any atom is -0.431 e. The predicted molar refractivity (Wildman–Crippen MR) is 130 cm³/mol. The molecule has 0 unspecified atom stereocenters. The highest BCUT2D eigenvalue weighted by atomic mass is 32.2. The molecule has 8 heteroatoms. The molecule has 0 radical (unpaired) electrons. The summed E-state index contributed by atoms with van der Waals surface area (Å²) in [6.45, 7) is 4.03. The topological polar surface area (TPSA) is 62.5 Å². The fourth-order valence-electron chi connectivity index (χ4n) is 3.27. The molecular formula is C24H26N4O2S2. The number of thiazole rings is 1. The number of carbonyl (C=O) groups is 1. The quantitative estimate of drug-likeness (QED) is 0.320. The van der Waals surface area contributed by atoms with Gasteiger partial charge in [-0.2, -0.15) is 0 Å². The van der Waals surface area contributed by atoms with Gasteiger partial charge >= 0.3 is 0 Å². The fraction of sp³-hybridized carbons (Fsp3) is 0.292. The zero-order valence-corrected chi connectivity index (χ0v) is 20.1. The number of carbonyl (C=O) groups excluding carboxylic acids is 1. The normalized spacial score (nSPS) is 11.4. The summed E-state index contributed by atoms with van der Waals surface area (Å²) in [4.78, 5) is 26.4. The van der Waals surface area contributed by atoms with E-state index < -0.39 is 0 Å². The Bertz CT molecular complexity index is 1190. The minimum absolute atomic E-state index is 0.0410. The second-order valence-corrected chi connectivity index (χ2v) is 9.70. The SMILES string of the molecule is Cc1cccc2oc(SCc3nc(C(=O)N(CCN(C)C)Cc4ccccc4)cs3)nc12. The second-order valence-electron chi connectivity index (χ2n) is 7.83. The fourth-order valence-corrected chi connectivity index (χ4v) is 4.88.